The maximum Gasteiger partial charge on any atom is 0.294 e. The first kappa shape index (κ1) is 28.6. The van der Waals surface area contributed by atoms with E-state index in [0.29, 0.717) is 46.3 Å². The fraction of sp³-hybridized carbons (Fsp3) is 0.438. The molecule has 1 aliphatic heterocycles. The van der Waals surface area contributed by atoms with Gasteiger partial charge in [-0.05, 0) is 69.4 Å². The van der Waals surface area contributed by atoms with Crippen LogP contribution in [0.4, 0.5) is 0 Å². The standard InChI is InChI=1S/C32H34N4O7/c1-32(31(39)34-16-24-19(15-33)6-4-9-25(24)41-3)17-42-27-23-11-10-18(29(37)35-20-7-5-8-20)12-26(23)43-28(27)30(38)36(32)21-13-22(14-21)40-2/h4,6,9-12,20-22H,5,7-8,13-14,16-17H2,1-3H3,(H,34,39)(H,35,37). The van der Waals surface area contributed by atoms with Crippen LogP contribution in [0.5, 0.6) is 11.5 Å². The van der Waals surface area contributed by atoms with Crippen LogP contribution in [0.3, 0.4) is 0 Å². The van der Waals surface area contributed by atoms with Crippen LogP contribution in [0.1, 0.15) is 71.1 Å². The summed E-state index contributed by atoms with van der Waals surface area (Å²) in [6, 6.07) is 12.1. The van der Waals surface area contributed by atoms with Crippen LogP contribution in [-0.4, -0.2) is 67.2 Å². The largest absolute Gasteiger partial charge is 0.496 e. The molecule has 2 saturated carbocycles. The Bertz CT molecular complexity index is 1630. The van der Waals surface area contributed by atoms with Crippen molar-refractivity contribution in [1.82, 2.24) is 15.5 Å². The summed E-state index contributed by atoms with van der Waals surface area (Å²) in [4.78, 5) is 42.5. The van der Waals surface area contributed by atoms with E-state index in [1.54, 1.807) is 55.3 Å². The van der Waals surface area contributed by atoms with E-state index in [0.717, 1.165) is 19.3 Å². The molecule has 2 N–H and O–H groups in total. The van der Waals surface area contributed by atoms with E-state index >= 15 is 0 Å². The molecule has 11 heteroatoms. The molecule has 0 bridgehead atoms. The lowest BCUT2D eigenvalue weighted by Crippen LogP contribution is -2.66. The van der Waals surface area contributed by atoms with Gasteiger partial charge in [-0.1, -0.05) is 6.07 Å². The molecule has 224 valence electrons. The molecule has 3 amide bonds. The number of nitriles is 1. The molecule has 43 heavy (non-hydrogen) atoms. The van der Waals surface area contributed by atoms with E-state index < -0.39 is 17.4 Å². The van der Waals surface area contributed by atoms with Crippen molar-refractivity contribution in [3.8, 4) is 17.6 Å². The molecule has 2 aliphatic carbocycles. The van der Waals surface area contributed by atoms with Gasteiger partial charge < -0.3 is 34.2 Å². The smallest absolute Gasteiger partial charge is 0.294 e. The SMILES string of the molecule is COc1cccc(C#N)c1CNC(=O)C1(C)COc2c(oc3cc(C(=O)NC4CCC4)ccc23)C(=O)N1C1CC(OC)C1. The monoisotopic (exact) mass is 586 g/mol. The lowest BCUT2D eigenvalue weighted by molar-refractivity contribution is -0.138. The summed E-state index contributed by atoms with van der Waals surface area (Å²) < 4.78 is 23.2. The van der Waals surface area contributed by atoms with Gasteiger partial charge in [0, 0.05) is 36.9 Å². The number of benzene rings is 2. The van der Waals surface area contributed by atoms with Gasteiger partial charge >= 0.3 is 0 Å². The molecule has 0 spiro atoms. The Morgan fingerprint density at radius 2 is 1.98 bits per heavy atom. The van der Waals surface area contributed by atoms with E-state index in [-0.39, 0.29) is 48.8 Å². The van der Waals surface area contributed by atoms with Gasteiger partial charge in [-0.25, -0.2) is 0 Å². The number of nitrogens with zero attached hydrogens (tertiary/aromatic N) is 2. The highest BCUT2D eigenvalue weighted by Crippen LogP contribution is 2.42. The second-order valence-corrected chi connectivity index (χ2v) is 11.6. The summed E-state index contributed by atoms with van der Waals surface area (Å²) in [6.45, 7) is 1.55. The van der Waals surface area contributed by atoms with Crippen molar-refractivity contribution >= 4 is 28.7 Å². The number of furan rings is 1. The zero-order valence-corrected chi connectivity index (χ0v) is 24.4. The van der Waals surface area contributed by atoms with Gasteiger partial charge in [-0.15, -0.1) is 0 Å². The predicted octanol–water partition coefficient (Wildman–Crippen LogP) is 3.68. The highest BCUT2D eigenvalue weighted by molar-refractivity contribution is 6.06. The molecule has 3 aromatic rings. The van der Waals surface area contributed by atoms with Gasteiger partial charge in [-0.3, -0.25) is 14.4 Å². The number of hydrogen-bond donors (Lipinski definition) is 2. The highest BCUT2D eigenvalue weighted by atomic mass is 16.5. The van der Waals surface area contributed by atoms with Crippen molar-refractivity contribution < 1.29 is 33.0 Å². The van der Waals surface area contributed by atoms with Gasteiger partial charge in [0.05, 0.1) is 30.2 Å². The second-order valence-electron chi connectivity index (χ2n) is 11.6. The second kappa shape index (κ2) is 11.3. The first-order chi connectivity index (χ1) is 20.8. The number of ether oxygens (including phenoxy) is 3. The minimum Gasteiger partial charge on any atom is -0.496 e. The van der Waals surface area contributed by atoms with Crippen LogP contribution in [0.25, 0.3) is 11.0 Å². The van der Waals surface area contributed by atoms with Gasteiger partial charge in [0.1, 0.15) is 17.9 Å². The summed E-state index contributed by atoms with van der Waals surface area (Å²) in [7, 11) is 3.12. The third-order valence-corrected chi connectivity index (χ3v) is 8.95. The Balaban J connectivity index is 1.30. The number of carbonyl (C=O) groups is 3. The number of nitrogens with one attached hydrogen (secondary N) is 2. The average molecular weight is 587 g/mol. The summed E-state index contributed by atoms with van der Waals surface area (Å²) in [6.07, 6.45) is 4.12. The zero-order chi connectivity index (χ0) is 30.3. The summed E-state index contributed by atoms with van der Waals surface area (Å²) >= 11 is 0. The van der Waals surface area contributed by atoms with Crippen LogP contribution >= 0.6 is 0 Å². The Morgan fingerprint density at radius 1 is 1.19 bits per heavy atom. The Kier molecular flexibility index (Phi) is 7.48. The van der Waals surface area contributed by atoms with E-state index in [1.165, 1.54) is 7.11 Å². The summed E-state index contributed by atoms with van der Waals surface area (Å²) in [5.74, 6) is -0.404. The third-order valence-electron chi connectivity index (χ3n) is 8.95. The van der Waals surface area contributed by atoms with Crippen molar-refractivity contribution in [3.63, 3.8) is 0 Å². The van der Waals surface area contributed by atoms with Crippen LogP contribution in [0, 0.1) is 11.3 Å². The molecule has 1 atom stereocenters. The summed E-state index contributed by atoms with van der Waals surface area (Å²) in [5, 5.41) is 16.1. The number of rotatable bonds is 8. The third kappa shape index (κ3) is 4.95. The molecular weight excluding hydrogens is 552 g/mol. The van der Waals surface area contributed by atoms with E-state index in [9.17, 15) is 19.6 Å². The van der Waals surface area contributed by atoms with E-state index in [2.05, 4.69) is 16.7 Å². The number of carbonyl (C=O) groups excluding carboxylic acids is 3. The van der Waals surface area contributed by atoms with E-state index in [1.807, 2.05) is 0 Å². The molecule has 1 aromatic heterocycles. The Labute approximate surface area is 249 Å². The maximum absolute atomic E-state index is 14.2. The fourth-order valence-corrected chi connectivity index (χ4v) is 6.02. The van der Waals surface area contributed by atoms with Crippen molar-refractivity contribution in [2.45, 2.75) is 69.3 Å². The lowest BCUT2D eigenvalue weighted by Gasteiger charge is -2.48. The fourth-order valence-electron chi connectivity index (χ4n) is 6.02. The first-order valence-electron chi connectivity index (χ1n) is 14.5. The Hall–Kier alpha value is -4.56. The Morgan fingerprint density at radius 3 is 2.65 bits per heavy atom. The van der Waals surface area contributed by atoms with Crippen molar-refractivity contribution in [3.05, 3.63) is 58.8 Å². The minimum absolute atomic E-state index is 0.0135. The molecule has 0 saturated heterocycles. The highest BCUT2D eigenvalue weighted by Gasteiger charge is 2.53. The van der Waals surface area contributed by atoms with Crippen LogP contribution in [0.15, 0.2) is 40.8 Å². The maximum atomic E-state index is 14.2. The first-order valence-corrected chi connectivity index (χ1v) is 14.5. The van der Waals surface area contributed by atoms with Gasteiger partial charge in [0.2, 0.25) is 11.7 Å². The number of fused-ring (bicyclic) bond motifs is 3. The molecule has 2 aromatic carbocycles. The van der Waals surface area contributed by atoms with Gasteiger partial charge in [-0.2, -0.15) is 5.26 Å². The lowest BCUT2D eigenvalue weighted by atomic mass is 9.83. The van der Waals surface area contributed by atoms with Crippen LogP contribution < -0.4 is 20.1 Å². The number of amides is 3. The van der Waals surface area contributed by atoms with Crippen molar-refractivity contribution in [2.24, 2.45) is 0 Å². The van der Waals surface area contributed by atoms with Gasteiger partial charge in [0.25, 0.3) is 11.8 Å². The molecule has 2 heterocycles. The molecule has 11 nitrogen and oxygen atoms in total. The minimum atomic E-state index is -1.41. The topological polar surface area (TPSA) is 143 Å². The molecular formula is C32H34N4O7. The number of methoxy groups -OCH3 is 2. The van der Waals surface area contributed by atoms with E-state index in [4.69, 9.17) is 18.6 Å². The number of hydrogen-bond acceptors (Lipinski definition) is 8. The predicted molar refractivity (Wildman–Crippen MR) is 155 cm³/mol. The van der Waals surface area contributed by atoms with Crippen molar-refractivity contribution in [1.29, 1.82) is 5.26 Å². The quantitative estimate of drug-likeness (QED) is 0.407. The average Bonchev–Trinajstić information content (AvgIpc) is 3.30. The summed E-state index contributed by atoms with van der Waals surface area (Å²) in [5.41, 5.74) is 0.298. The molecule has 3 aliphatic rings. The molecule has 0 radical (unpaired) electrons. The molecule has 2 fully saturated rings. The van der Waals surface area contributed by atoms with Gasteiger partial charge in [0.15, 0.2) is 11.3 Å². The normalized spacial score (nSPS) is 23.2. The van der Waals surface area contributed by atoms with Crippen LogP contribution in [-0.2, 0) is 16.1 Å². The molecule has 1 unspecified atom stereocenters. The van der Waals surface area contributed by atoms with Crippen LogP contribution in [0.2, 0.25) is 0 Å². The van der Waals surface area contributed by atoms with Crippen molar-refractivity contribution in [2.75, 3.05) is 20.8 Å². The molecule has 6 rings (SSSR count). The zero-order valence-electron chi connectivity index (χ0n) is 24.4.